The smallest absolute Gasteiger partial charge is 0.358 e. The zero-order valence-electron chi connectivity index (χ0n) is 10.4. The molecule has 96 valence electrons. The van der Waals surface area contributed by atoms with Crippen molar-refractivity contribution < 1.29 is 4.92 Å². The van der Waals surface area contributed by atoms with Crippen molar-refractivity contribution in [2.75, 3.05) is 5.32 Å². The highest BCUT2D eigenvalue weighted by molar-refractivity contribution is 5.64. The molecule has 0 fully saturated rings. The first-order valence-corrected chi connectivity index (χ1v) is 5.48. The topological polar surface area (TPSA) is 90.8 Å². The van der Waals surface area contributed by atoms with Gasteiger partial charge >= 0.3 is 5.82 Å². The van der Waals surface area contributed by atoms with Gasteiger partial charge in [-0.1, -0.05) is 6.92 Å². The SMILES string of the molecule is CCc1nn(C)cc1Nc1c([N+](=O)[O-])ncn1C. The van der Waals surface area contributed by atoms with Crippen LogP contribution in [0.1, 0.15) is 12.6 Å². The summed E-state index contributed by atoms with van der Waals surface area (Å²) in [5.41, 5.74) is 1.61. The highest BCUT2D eigenvalue weighted by Crippen LogP contribution is 2.26. The van der Waals surface area contributed by atoms with Gasteiger partial charge < -0.3 is 15.4 Å². The number of aryl methyl sites for hydroxylation is 3. The van der Waals surface area contributed by atoms with Crippen molar-refractivity contribution in [3.63, 3.8) is 0 Å². The van der Waals surface area contributed by atoms with Crippen molar-refractivity contribution >= 4 is 17.3 Å². The third kappa shape index (κ3) is 2.04. The minimum absolute atomic E-state index is 0.191. The van der Waals surface area contributed by atoms with Crippen LogP contribution in [0.25, 0.3) is 0 Å². The molecule has 0 aliphatic rings. The van der Waals surface area contributed by atoms with Gasteiger partial charge in [0.05, 0.1) is 11.4 Å². The van der Waals surface area contributed by atoms with Crippen LogP contribution in [0.4, 0.5) is 17.3 Å². The Bertz CT molecular complexity index is 585. The van der Waals surface area contributed by atoms with Crippen LogP contribution in [0.15, 0.2) is 12.5 Å². The third-order valence-electron chi connectivity index (χ3n) is 2.58. The van der Waals surface area contributed by atoms with Gasteiger partial charge in [-0.2, -0.15) is 5.10 Å². The third-order valence-corrected chi connectivity index (χ3v) is 2.58. The summed E-state index contributed by atoms with van der Waals surface area (Å²) in [7, 11) is 3.51. The van der Waals surface area contributed by atoms with E-state index in [0.717, 1.165) is 17.8 Å². The first-order valence-electron chi connectivity index (χ1n) is 5.48. The maximum atomic E-state index is 10.9. The molecule has 0 saturated heterocycles. The lowest BCUT2D eigenvalue weighted by molar-refractivity contribution is -0.388. The molecule has 0 bridgehead atoms. The van der Waals surface area contributed by atoms with Crippen LogP contribution in [0.3, 0.4) is 0 Å². The fourth-order valence-electron chi connectivity index (χ4n) is 1.72. The molecular weight excluding hydrogens is 236 g/mol. The van der Waals surface area contributed by atoms with E-state index in [1.165, 1.54) is 6.33 Å². The molecule has 0 amide bonds. The summed E-state index contributed by atoms with van der Waals surface area (Å²) in [5, 5.41) is 18.1. The number of imidazole rings is 1. The molecule has 0 aromatic carbocycles. The second kappa shape index (κ2) is 4.47. The summed E-state index contributed by atoms with van der Waals surface area (Å²) in [6.45, 7) is 1.98. The number of hydrogen-bond acceptors (Lipinski definition) is 5. The molecule has 0 saturated carbocycles. The van der Waals surface area contributed by atoms with Crippen molar-refractivity contribution in [2.24, 2.45) is 14.1 Å². The largest absolute Gasteiger partial charge is 0.406 e. The van der Waals surface area contributed by atoms with Gasteiger partial charge in [-0.3, -0.25) is 9.25 Å². The van der Waals surface area contributed by atoms with Gasteiger partial charge in [0.1, 0.15) is 0 Å². The van der Waals surface area contributed by atoms with Gasteiger partial charge in [0.15, 0.2) is 0 Å². The normalized spacial score (nSPS) is 10.6. The molecular formula is C10H14N6O2. The lowest BCUT2D eigenvalue weighted by Crippen LogP contribution is -2.01. The van der Waals surface area contributed by atoms with Crippen molar-refractivity contribution in [2.45, 2.75) is 13.3 Å². The Kier molecular flexibility index (Phi) is 3.00. The second-order valence-electron chi connectivity index (χ2n) is 3.93. The number of aromatic nitrogens is 4. The molecule has 18 heavy (non-hydrogen) atoms. The highest BCUT2D eigenvalue weighted by Gasteiger charge is 2.21. The van der Waals surface area contributed by atoms with E-state index < -0.39 is 4.92 Å². The minimum Gasteiger partial charge on any atom is -0.358 e. The summed E-state index contributed by atoms with van der Waals surface area (Å²) in [5.74, 6) is 0.158. The van der Waals surface area contributed by atoms with Gasteiger partial charge in [0.25, 0.3) is 0 Å². The molecule has 2 rings (SSSR count). The van der Waals surface area contributed by atoms with Crippen LogP contribution in [0.2, 0.25) is 0 Å². The molecule has 0 unspecified atom stereocenters. The number of nitrogens with zero attached hydrogens (tertiary/aromatic N) is 5. The van der Waals surface area contributed by atoms with Crippen LogP contribution >= 0.6 is 0 Å². The van der Waals surface area contributed by atoms with Gasteiger partial charge in [0.2, 0.25) is 12.1 Å². The lowest BCUT2D eigenvalue weighted by Gasteiger charge is -2.05. The van der Waals surface area contributed by atoms with Crippen molar-refractivity contribution in [3.05, 3.63) is 28.3 Å². The van der Waals surface area contributed by atoms with Crippen LogP contribution < -0.4 is 5.32 Å². The minimum atomic E-state index is -0.510. The van der Waals surface area contributed by atoms with Crippen LogP contribution in [0.5, 0.6) is 0 Å². The van der Waals surface area contributed by atoms with Crippen molar-refractivity contribution in [1.29, 1.82) is 0 Å². The summed E-state index contributed by atoms with van der Waals surface area (Å²) in [6.07, 6.45) is 3.94. The first kappa shape index (κ1) is 12.1. The van der Waals surface area contributed by atoms with E-state index >= 15 is 0 Å². The average molecular weight is 250 g/mol. The zero-order valence-corrected chi connectivity index (χ0v) is 10.4. The zero-order chi connectivity index (χ0) is 13.3. The maximum absolute atomic E-state index is 10.9. The Morgan fingerprint density at radius 3 is 2.83 bits per heavy atom. The Hall–Kier alpha value is -2.38. The molecule has 2 aromatic rings. The fraction of sp³-hybridized carbons (Fsp3) is 0.400. The van der Waals surface area contributed by atoms with E-state index in [-0.39, 0.29) is 5.82 Å². The molecule has 2 aromatic heterocycles. The molecule has 0 atom stereocenters. The number of anilines is 2. The monoisotopic (exact) mass is 250 g/mol. The van der Waals surface area contributed by atoms with E-state index in [1.54, 1.807) is 22.5 Å². The molecule has 8 heteroatoms. The maximum Gasteiger partial charge on any atom is 0.406 e. The first-order chi connectivity index (χ1) is 8.52. The second-order valence-corrected chi connectivity index (χ2v) is 3.93. The predicted molar refractivity (Wildman–Crippen MR) is 65.7 cm³/mol. The summed E-state index contributed by atoms with van der Waals surface area (Å²) >= 11 is 0. The van der Waals surface area contributed by atoms with Crippen molar-refractivity contribution in [3.8, 4) is 0 Å². The molecule has 0 spiro atoms. The Labute approximate surface area is 103 Å². The van der Waals surface area contributed by atoms with Gasteiger partial charge in [0, 0.05) is 20.3 Å². The average Bonchev–Trinajstić information content (AvgIpc) is 2.84. The molecule has 8 nitrogen and oxygen atoms in total. The quantitative estimate of drug-likeness (QED) is 0.653. The summed E-state index contributed by atoms with van der Waals surface area (Å²) in [6, 6.07) is 0. The molecule has 0 radical (unpaired) electrons. The molecule has 2 heterocycles. The summed E-state index contributed by atoms with van der Waals surface area (Å²) in [4.78, 5) is 14.1. The highest BCUT2D eigenvalue weighted by atomic mass is 16.6. The number of nitrogens with one attached hydrogen (secondary N) is 1. The van der Waals surface area contributed by atoms with Gasteiger partial charge in [-0.15, -0.1) is 0 Å². The Balaban J connectivity index is 2.39. The molecule has 0 aliphatic heterocycles. The number of rotatable bonds is 4. The van der Waals surface area contributed by atoms with Crippen LogP contribution in [-0.2, 0) is 20.5 Å². The van der Waals surface area contributed by atoms with E-state index in [1.807, 2.05) is 14.0 Å². The molecule has 1 N–H and O–H groups in total. The van der Waals surface area contributed by atoms with E-state index in [2.05, 4.69) is 15.4 Å². The van der Waals surface area contributed by atoms with Crippen molar-refractivity contribution in [1.82, 2.24) is 19.3 Å². The van der Waals surface area contributed by atoms with Gasteiger partial charge in [-0.25, -0.2) is 0 Å². The van der Waals surface area contributed by atoms with E-state index in [4.69, 9.17) is 0 Å². The van der Waals surface area contributed by atoms with Crippen LogP contribution in [-0.4, -0.2) is 24.3 Å². The Morgan fingerprint density at radius 2 is 2.22 bits per heavy atom. The summed E-state index contributed by atoms with van der Waals surface area (Å²) < 4.78 is 3.24. The van der Waals surface area contributed by atoms with E-state index in [0.29, 0.717) is 5.82 Å². The Morgan fingerprint density at radius 1 is 1.50 bits per heavy atom. The number of nitro groups is 1. The van der Waals surface area contributed by atoms with Gasteiger partial charge in [-0.05, 0) is 16.3 Å². The lowest BCUT2D eigenvalue weighted by atomic mass is 10.3. The predicted octanol–water partition coefficient (Wildman–Crippen LogP) is 1.37. The standard InChI is InChI=1S/C10H14N6O2/c1-4-7-8(5-15(3)13-7)12-10-9(16(17)18)11-6-14(10)2/h5-6,12H,4H2,1-3H3. The van der Waals surface area contributed by atoms with Crippen LogP contribution in [0, 0.1) is 10.1 Å². The number of hydrogen-bond donors (Lipinski definition) is 1. The fourth-order valence-corrected chi connectivity index (χ4v) is 1.72. The van der Waals surface area contributed by atoms with E-state index in [9.17, 15) is 10.1 Å². The molecule has 0 aliphatic carbocycles.